The van der Waals surface area contributed by atoms with E-state index in [1.165, 1.54) is 38.5 Å². The van der Waals surface area contributed by atoms with Crippen LogP contribution in [0, 0.1) is 0 Å². The summed E-state index contributed by atoms with van der Waals surface area (Å²) in [6.45, 7) is 3.88. The Labute approximate surface area is 126 Å². The van der Waals surface area contributed by atoms with Crippen molar-refractivity contribution in [2.24, 2.45) is 5.84 Å². The summed E-state index contributed by atoms with van der Waals surface area (Å²) in [5.41, 5.74) is 2.48. The van der Waals surface area contributed by atoms with E-state index < -0.39 is 0 Å². The summed E-state index contributed by atoms with van der Waals surface area (Å²) in [7, 11) is 2.03. The van der Waals surface area contributed by atoms with Crippen LogP contribution in [0.4, 0.5) is 11.9 Å². The number of nitrogens with zero attached hydrogens (tertiary/aromatic N) is 4. The Bertz CT molecular complexity index is 445. The minimum Gasteiger partial charge on any atom is -0.461 e. The SMILES string of the molecule is CC(C)Oc1nc(NN)nc(N(C)C2CCCCCC2)n1. The molecular formula is C14H26N6O. The molecule has 0 aliphatic heterocycles. The maximum atomic E-state index is 5.58. The number of rotatable bonds is 5. The van der Waals surface area contributed by atoms with Crippen molar-refractivity contribution in [2.45, 2.75) is 64.5 Å². The van der Waals surface area contributed by atoms with Crippen LogP contribution < -0.4 is 20.9 Å². The largest absolute Gasteiger partial charge is 0.461 e. The van der Waals surface area contributed by atoms with Gasteiger partial charge in [0.05, 0.1) is 6.10 Å². The quantitative estimate of drug-likeness (QED) is 0.488. The molecule has 1 aliphatic carbocycles. The number of nitrogens with one attached hydrogen (secondary N) is 1. The number of nitrogens with two attached hydrogens (primary N) is 1. The van der Waals surface area contributed by atoms with Crippen molar-refractivity contribution in [3.05, 3.63) is 0 Å². The van der Waals surface area contributed by atoms with Crippen LogP contribution in [0.1, 0.15) is 52.4 Å². The summed E-state index contributed by atoms with van der Waals surface area (Å²) in [6.07, 6.45) is 7.52. The van der Waals surface area contributed by atoms with Crippen molar-refractivity contribution < 1.29 is 4.74 Å². The summed E-state index contributed by atoms with van der Waals surface area (Å²) >= 11 is 0. The number of hydrazine groups is 1. The zero-order valence-electron chi connectivity index (χ0n) is 13.2. The zero-order valence-corrected chi connectivity index (χ0v) is 13.2. The van der Waals surface area contributed by atoms with Gasteiger partial charge in [0.1, 0.15) is 0 Å². The summed E-state index contributed by atoms with van der Waals surface area (Å²) in [5, 5.41) is 0. The van der Waals surface area contributed by atoms with Gasteiger partial charge < -0.3 is 9.64 Å². The molecule has 1 heterocycles. The van der Waals surface area contributed by atoms with Gasteiger partial charge in [-0.25, -0.2) is 5.84 Å². The van der Waals surface area contributed by atoms with E-state index in [4.69, 9.17) is 10.6 Å². The summed E-state index contributed by atoms with van der Waals surface area (Å²) in [4.78, 5) is 15.0. The molecule has 0 saturated heterocycles. The van der Waals surface area contributed by atoms with Crippen molar-refractivity contribution >= 4 is 11.9 Å². The molecular weight excluding hydrogens is 268 g/mol. The Morgan fingerprint density at radius 2 is 1.81 bits per heavy atom. The minimum absolute atomic E-state index is 0.00839. The minimum atomic E-state index is 0.00839. The van der Waals surface area contributed by atoms with Crippen molar-refractivity contribution in [3.8, 4) is 6.01 Å². The predicted octanol–water partition coefficient (Wildman–Crippen LogP) is 2.10. The fourth-order valence-corrected chi connectivity index (χ4v) is 2.64. The Morgan fingerprint density at radius 3 is 2.38 bits per heavy atom. The Hall–Kier alpha value is -1.63. The van der Waals surface area contributed by atoms with Crippen LogP contribution in [0.5, 0.6) is 6.01 Å². The molecule has 7 heteroatoms. The van der Waals surface area contributed by atoms with Crippen LogP contribution in [0.25, 0.3) is 0 Å². The molecule has 0 amide bonds. The second-order valence-corrected chi connectivity index (χ2v) is 5.81. The van der Waals surface area contributed by atoms with Crippen LogP contribution in [0.15, 0.2) is 0 Å². The molecule has 0 radical (unpaired) electrons. The Balaban J connectivity index is 2.19. The Morgan fingerprint density at radius 1 is 1.14 bits per heavy atom. The number of hydrogen-bond acceptors (Lipinski definition) is 7. The third-order valence-corrected chi connectivity index (χ3v) is 3.76. The maximum absolute atomic E-state index is 5.58. The highest BCUT2D eigenvalue weighted by Crippen LogP contribution is 2.24. The van der Waals surface area contributed by atoms with E-state index in [9.17, 15) is 0 Å². The van der Waals surface area contributed by atoms with E-state index in [2.05, 4.69) is 25.3 Å². The van der Waals surface area contributed by atoms with Gasteiger partial charge >= 0.3 is 6.01 Å². The zero-order chi connectivity index (χ0) is 15.2. The highest BCUT2D eigenvalue weighted by molar-refractivity contribution is 5.38. The second-order valence-electron chi connectivity index (χ2n) is 5.81. The molecule has 118 valence electrons. The van der Waals surface area contributed by atoms with Gasteiger partial charge in [0, 0.05) is 13.1 Å². The van der Waals surface area contributed by atoms with Crippen LogP contribution in [0.2, 0.25) is 0 Å². The van der Waals surface area contributed by atoms with E-state index in [0.717, 1.165) is 0 Å². The van der Waals surface area contributed by atoms with Gasteiger partial charge in [-0.2, -0.15) is 15.0 Å². The molecule has 0 unspecified atom stereocenters. The monoisotopic (exact) mass is 294 g/mol. The van der Waals surface area contributed by atoms with Crippen molar-refractivity contribution in [3.63, 3.8) is 0 Å². The van der Waals surface area contributed by atoms with Crippen LogP contribution in [0.3, 0.4) is 0 Å². The molecule has 0 aromatic carbocycles. The highest BCUT2D eigenvalue weighted by Gasteiger charge is 2.21. The van der Waals surface area contributed by atoms with Crippen molar-refractivity contribution in [2.75, 3.05) is 17.4 Å². The van der Waals surface area contributed by atoms with E-state index in [0.29, 0.717) is 23.9 Å². The molecule has 1 aromatic rings. The molecule has 1 saturated carbocycles. The van der Waals surface area contributed by atoms with Crippen molar-refractivity contribution in [1.29, 1.82) is 0 Å². The average Bonchev–Trinajstić information content (AvgIpc) is 2.74. The van der Waals surface area contributed by atoms with Gasteiger partial charge in [-0.1, -0.05) is 25.7 Å². The lowest BCUT2D eigenvalue weighted by molar-refractivity contribution is 0.222. The third kappa shape index (κ3) is 4.42. The van der Waals surface area contributed by atoms with Crippen LogP contribution >= 0.6 is 0 Å². The fraction of sp³-hybridized carbons (Fsp3) is 0.786. The summed E-state index contributed by atoms with van der Waals surface area (Å²) in [6, 6.07) is 0.774. The molecule has 7 nitrogen and oxygen atoms in total. The summed E-state index contributed by atoms with van der Waals surface area (Å²) in [5.74, 6) is 6.39. The first-order valence-corrected chi connectivity index (χ1v) is 7.72. The third-order valence-electron chi connectivity index (χ3n) is 3.76. The van der Waals surface area contributed by atoms with E-state index in [1.807, 2.05) is 20.9 Å². The topological polar surface area (TPSA) is 89.2 Å². The number of aromatic nitrogens is 3. The van der Waals surface area contributed by atoms with Gasteiger partial charge in [-0.15, -0.1) is 0 Å². The van der Waals surface area contributed by atoms with E-state index in [-0.39, 0.29) is 6.10 Å². The van der Waals surface area contributed by atoms with Gasteiger partial charge in [0.25, 0.3) is 0 Å². The highest BCUT2D eigenvalue weighted by atomic mass is 16.5. The molecule has 0 bridgehead atoms. The molecule has 2 rings (SSSR count). The first-order valence-electron chi connectivity index (χ1n) is 7.72. The number of nitrogen functional groups attached to an aromatic ring is 1. The molecule has 21 heavy (non-hydrogen) atoms. The lowest BCUT2D eigenvalue weighted by atomic mass is 10.1. The second kappa shape index (κ2) is 7.40. The van der Waals surface area contributed by atoms with Gasteiger partial charge in [-0.3, -0.25) is 5.43 Å². The summed E-state index contributed by atoms with van der Waals surface area (Å²) < 4.78 is 5.58. The average molecular weight is 294 g/mol. The molecule has 0 atom stereocenters. The molecule has 0 spiro atoms. The van der Waals surface area contributed by atoms with Gasteiger partial charge in [0.2, 0.25) is 11.9 Å². The number of hydrogen-bond donors (Lipinski definition) is 2. The number of anilines is 2. The van der Waals surface area contributed by atoms with Gasteiger partial charge in [0.15, 0.2) is 0 Å². The molecule has 1 fully saturated rings. The van der Waals surface area contributed by atoms with E-state index >= 15 is 0 Å². The maximum Gasteiger partial charge on any atom is 0.323 e. The Kier molecular flexibility index (Phi) is 5.55. The standard InChI is InChI=1S/C14H26N6O/c1-10(2)21-14-17-12(19-15)16-13(18-14)20(3)11-8-6-4-5-7-9-11/h10-11H,4-9,15H2,1-3H3,(H,16,17,18,19). The lowest BCUT2D eigenvalue weighted by Crippen LogP contribution is -2.33. The molecule has 3 N–H and O–H groups in total. The molecule has 1 aromatic heterocycles. The van der Waals surface area contributed by atoms with Crippen LogP contribution in [-0.2, 0) is 0 Å². The first kappa shape index (κ1) is 15.8. The smallest absolute Gasteiger partial charge is 0.323 e. The van der Waals surface area contributed by atoms with Gasteiger partial charge in [-0.05, 0) is 26.7 Å². The normalized spacial score (nSPS) is 16.6. The lowest BCUT2D eigenvalue weighted by Gasteiger charge is -2.27. The predicted molar refractivity (Wildman–Crippen MR) is 83.3 cm³/mol. The fourth-order valence-electron chi connectivity index (χ4n) is 2.64. The van der Waals surface area contributed by atoms with E-state index in [1.54, 1.807) is 0 Å². The molecule has 1 aliphatic rings. The number of ether oxygens (including phenoxy) is 1. The first-order chi connectivity index (χ1) is 10.1. The van der Waals surface area contributed by atoms with Crippen LogP contribution in [-0.4, -0.2) is 34.1 Å². The van der Waals surface area contributed by atoms with Crippen molar-refractivity contribution in [1.82, 2.24) is 15.0 Å².